The molecule has 0 bridgehead atoms. The first-order valence-electron chi connectivity index (χ1n) is 9.53. The zero-order valence-corrected chi connectivity index (χ0v) is 17.1. The van der Waals surface area contributed by atoms with Crippen LogP contribution < -0.4 is 20.3 Å². The van der Waals surface area contributed by atoms with Crippen molar-refractivity contribution in [3.63, 3.8) is 0 Å². The van der Waals surface area contributed by atoms with E-state index in [0.29, 0.717) is 17.1 Å². The Hall–Kier alpha value is -3.55. The highest BCUT2D eigenvalue weighted by Crippen LogP contribution is 2.41. The molecule has 1 aliphatic rings. The molecule has 2 N–H and O–H groups in total. The van der Waals surface area contributed by atoms with Gasteiger partial charge in [-0.1, -0.05) is 30.3 Å². The van der Waals surface area contributed by atoms with E-state index in [0.717, 1.165) is 12.0 Å². The maximum atomic E-state index is 12.1. The number of fused-ring (bicyclic) bond motifs is 1. The van der Waals surface area contributed by atoms with E-state index in [4.69, 9.17) is 14.2 Å². The van der Waals surface area contributed by atoms with Gasteiger partial charge < -0.3 is 14.2 Å². The normalized spacial score (nSPS) is 14.6. The van der Waals surface area contributed by atoms with E-state index in [2.05, 4.69) is 10.9 Å². The molecule has 30 heavy (non-hydrogen) atoms. The van der Waals surface area contributed by atoms with Crippen molar-refractivity contribution in [1.82, 2.24) is 10.9 Å². The van der Waals surface area contributed by atoms with Crippen LogP contribution in [0.3, 0.4) is 0 Å². The van der Waals surface area contributed by atoms with Crippen LogP contribution in [0.5, 0.6) is 11.5 Å². The third kappa shape index (κ3) is 5.28. The molecule has 0 aromatic heterocycles. The van der Waals surface area contributed by atoms with Crippen LogP contribution in [0.25, 0.3) is 0 Å². The summed E-state index contributed by atoms with van der Waals surface area (Å²) in [6.07, 6.45) is -0.371. The minimum atomic E-state index is -1.12. The zero-order chi connectivity index (χ0) is 21.7. The van der Waals surface area contributed by atoms with Crippen LogP contribution in [0.2, 0.25) is 0 Å². The Morgan fingerprint density at radius 3 is 2.53 bits per heavy atom. The number of nitrogens with one attached hydrogen (secondary N) is 2. The Morgan fingerprint density at radius 2 is 1.80 bits per heavy atom. The van der Waals surface area contributed by atoms with Gasteiger partial charge >= 0.3 is 5.97 Å². The average molecular weight is 412 g/mol. The lowest BCUT2D eigenvalue weighted by Crippen LogP contribution is -2.47. The number of hydrogen-bond acceptors (Lipinski definition) is 6. The number of rotatable bonds is 6. The smallest absolute Gasteiger partial charge is 0.344 e. The van der Waals surface area contributed by atoms with Gasteiger partial charge in [-0.3, -0.25) is 20.4 Å². The quantitative estimate of drug-likeness (QED) is 0.557. The Bertz CT molecular complexity index is 942. The summed E-state index contributed by atoms with van der Waals surface area (Å²) in [5, 5.41) is 0. The lowest BCUT2D eigenvalue weighted by molar-refractivity contribution is -0.156. The molecule has 1 aliphatic heterocycles. The summed E-state index contributed by atoms with van der Waals surface area (Å²) in [5.41, 5.74) is 5.55. The monoisotopic (exact) mass is 412 g/mol. The van der Waals surface area contributed by atoms with Gasteiger partial charge in [0.15, 0.2) is 24.2 Å². The van der Waals surface area contributed by atoms with Crippen LogP contribution in [-0.2, 0) is 20.7 Å². The van der Waals surface area contributed by atoms with Crippen molar-refractivity contribution in [3.8, 4) is 11.5 Å². The summed E-state index contributed by atoms with van der Waals surface area (Å²) in [5.74, 6) is -0.807. The molecular weight excluding hydrogens is 388 g/mol. The summed E-state index contributed by atoms with van der Waals surface area (Å²) in [6, 6.07) is 13.9. The fraction of sp³-hybridized carbons (Fsp3) is 0.318. The zero-order valence-electron chi connectivity index (χ0n) is 17.1. The van der Waals surface area contributed by atoms with E-state index >= 15 is 0 Å². The van der Waals surface area contributed by atoms with Gasteiger partial charge in [-0.25, -0.2) is 4.79 Å². The highest BCUT2D eigenvalue weighted by Gasteiger charge is 2.32. The van der Waals surface area contributed by atoms with E-state index in [1.807, 2.05) is 26.0 Å². The molecule has 0 spiro atoms. The maximum absolute atomic E-state index is 12.1. The average Bonchev–Trinajstić information content (AvgIpc) is 3.05. The highest BCUT2D eigenvalue weighted by molar-refractivity contribution is 5.95. The predicted octanol–water partition coefficient (Wildman–Crippen LogP) is 2.17. The van der Waals surface area contributed by atoms with Gasteiger partial charge in [0, 0.05) is 17.5 Å². The van der Waals surface area contributed by atoms with Gasteiger partial charge in [-0.15, -0.1) is 0 Å². The molecule has 1 unspecified atom stereocenters. The summed E-state index contributed by atoms with van der Waals surface area (Å²) in [7, 11) is 0. The van der Waals surface area contributed by atoms with Crippen LogP contribution in [0.4, 0.5) is 0 Å². The van der Waals surface area contributed by atoms with Gasteiger partial charge in [0.25, 0.3) is 11.8 Å². The second-order valence-corrected chi connectivity index (χ2v) is 7.51. The third-order valence-electron chi connectivity index (χ3n) is 4.41. The van der Waals surface area contributed by atoms with E-state index < -0.39 is 23.9 Å². The molecule has 3 rings (SSSR count). The topological polar surface area (TPSA) is 103 Å². The molecule has 2 aromatic carbocycles. The van der Waals surface area contributed by atoms with Crippen LogP contribution in [0.1, 0.15) is 36.7 Å². The summed E-state index contributed by atoms with van der Waals surface area (Å²) >= 11 is 0. The number of hydrogen-bond donors (Lipinski definition) is 2. The van der Waals surface area contributed by atoms with Crippen LogP contribution >= 0.6 is 0 Å². The maximum Gasteiger partial charge on any atom is 0.344 e. The first-order chi connectivity index (χ1) is 14.2. The summed E-state index contributed by atoms with van der Waals surface area (Å²) in [4.78, 5) is 36.0. The Kier molecular flexibility index (Phi) is 6.25. The molecule has 1 atom stereocenters. The number of para-hydroxylation sites is 1. The van der Waals surface area contributed by atoms with Crippen molar-refractivity contribution in [2.75, 3.05) is 6.61 Å². The lowest BCUT2D eigenvalue weighted by Gasteiger charge is -2.18. The second kappa shape index (κ2) is 8.86. The number of ether oxygens (including phenoxy) is 3. The molecule has 0 saturated heterocycles. The third-order valence-corrected chi connectivity index (χ3v) is 4.41. The molecule has 2 aromatic rings. The van der Waals surface area contributed by atoms with Gasteiger partial charge in [0.1, 0.15) is 5.60 Å². The van der Waals surface area contributed by atoms with E-state index in [1.165, 1.54) is 6.92 Å². The molecular formula is C22H24N2O6. The molecule has 0 aliphatic carbocycles. The summed E-state index contributed by atoms with van der Waals surface area (Å²) < 4.78 is 16.5. The number of hydrazine groups is 1. The first kappa shape index (κ1) is 21.2. The Labute approximate surface area is 174 Å². The number of esters is 1. The molecule has 0 fully saturated rings. The van der Waals surface area contributed by atoms with Gasteiger partial charge in [-0.2, -0.15) is 0 Å². The molecule has 8 nitrogen and oxygen atoms in total. The minimum Gasteiger partial charge on any atom is -0.483 e. The van der Waals surface area contributed by atoms with Crippen molar-refractivity contribution in [3.05, 3.63) is 59.7 Å². The van der Waals surface area contributed by atoms with Crippen LogP contribution in [0, 0.1) is 0 Å². The Morgan fingerprint density at radius 1 is 1.07 bits per heavy atom. The molecule has 2 amide bonds. The predicted molar refractivity (Wildman–Crippen MR) is 108 cm³/mol. The van der Waals surface area contributed by atoms with Crippen molar-refractivity contribution in [1.29, 1.82) is 0 Å². The molecule has 8 heteroatoms. The molecule has 1 heterocycles. The van der Waals surface area contributed by atoms with E-state index in [1.54, 1.807) is 36.4 Å². The number of carbonyl (C=O) groups excluding carboxylic acids is 3. The van der Waals surface area contributed by atoms with Gasteiger partial charge in [0.05, 0.1) is 0 Å². The largest absolute Gasteiger partial charge is 0.483 e. The molecule has 0 saturated carbocycles. The molecule has 158 valence electrons. The summed E-state index contributed by atoms with van der Waals surface area (Å²) in [6.45, 7) is 4.96. The van der Waals surface area contributed by atoms with Gasteiger partial charge in [0.2, 0.25) is 0 Å². The van der Waals surface area contributed by atoms with Crippen molar-refractivity contribution >= 4 is 17.8 Å². The SMILES string of the molecule is CC(OC(=O)COc1cccc2c1OC(C)(C)C2)C(=O)NNC(=O)c1ccccc1. The minimum absolute atomic E-state index is 0.334. The van der Waals surface area contributed by atoms with E-state index in [9.17, 15) is 14.4 Å². The fourth-order valence-corrected chi connectivity index (χ4v) is 3.00. The number of carbonyl (C=O) groups is 3. The number of benzene rings is 2. The highest BCUT2D eigenvalue weighted by atomic mass is 16.6. The van der Waals surface area contributed by atoms with Crippen molar-refractivity contribution in [2.45, 2.75) is 38.9 Å². The van der Waals surface area contributed by atoms with Crippen LogP contribution in [0.15, 0.2) is 48.5 Å². The number of amides is 2. The fourth-order valence-electron chi connectivity index (χ4n) is 3.00. The first-order valence-corrected chi connectivity index (χ1v) is 9.53. The standard InChI is InChI=1S/C22H24N2O6/c1-14(20(26)23-24-21(27)15-8-5-4-6-9-15)29-18(25)13-28-17-11-7-10-16-12-22(2,3)30-19(16)17/h4-11,14H,12-13H2,1-3H3,(H,23,26)(H,24,27). The van der Waals surface area contributed by atoms with Gasteiger partial charge in [-0.05, 0) is 39.0 Å². The molecule has 0 radical (unpaired) electrons. The lowest BCUT2D eigenvalue weighted by atomic mass is 10.0. The van der Waals surface area contributed by atoms with Crippen molar-refractivity contribution < 1.29 is 28.6 Å². The Balaban J connectivity index is 1.46. The van der Waals surface area contributed by atoms with Crippen molar-refractivity contribution in [2.24, 2.45) is 0 Å². The second-order valence-electron chi connectivity index (χ2n) is 7.51. The van der Waals surface area contributed by atoms with Crippen LogP contribution in [-0.4, -0.2) is 36.1 Å². The van der Waals surface area contributed by atoms with E-state index in [-0.39, 0.29) is 12.2 Å².